The largest absolute Gasteiger partial charge is 0.482 e. The lowest BCUT2D eigenvalue weighted by atomic mass is 9.78. The molecule has 4 nitrogen and oxygen atoms in total. The van der Waals surface area contributed by atoms with Crippen molar-refractivity contribution in [2.24, 2.45) is 5.41 Å². The van der Waals surface area contributed by atoms with Gasteiger partial charge in [0.2, 0.25) is 0 Å². The lowest BCUT2D eigenvalue weighted by Crippen LogP contribution is -2.28. The lowest BCUT2D eigenvalue weighted by molar-refractivity contribution is 0.0916. The number of Topliss-reactive ketones (excluding diaryl/α,β-unsaturated/α-hetero) is 1. The summed E-state index contributed by atoms with van der Waals surface area (Å²) < 4.78 is 6.47. The fourth-order valence-corrected chi connectivity index (χ4v) is 4.47. The summed E-state index contributed by atoms with van der Waals surface area (Å²) in [7, 11) is 0. The van der Waals surface area contributed by atoms with Crippen LogP contribution in [0.25, 0.3) is 0 Å². The molecule has 4 rings (SSSR count). The number of aromatic nitrogens is 1. The number of anilines is 2. The molecule has 0 bridgehead atoms. The predicted molar refractivity (Wildman–Crippen MR) is 92.9 cm³/mol. The molecule has 23 heavy (non-hydrogen) atoms. The van der Waals surface area contributed by atoms with Crippen LogP contribution in [0.2, 0.25) is 0 Å². The van der Waals surface area contributed by atoms with Crippen molar-refractivity contribution in [2.75, 3.05) is 18.1 Å². The van der Waals surface area contributed by atoms with Gasteiger partial charge in [-0.3, -0.25) is 4.79 Å². The van der Waals surface area contributed by atoms with Gasteiger partial charge in [0.25, 0.3) is 0 Å². The van der Waals surface area contributed by atoms with E-state index in [1.807, 2.05) is 6.07 Å². The third kappa shape index (κ3) is 2.62. The van der Waals surface area contributed by atoms with Crippen molar-refractivity contribution in [1.82, 2.24) is 4.98 Å². The average molecular weight is 391 g/mol. The third-order valence-corrected chi connectivity index (χ3v) is 5.69. The molecule has 1 aromatic heterocycles. The van der Waals surface area contributed by atoms with E-state index in [9.17, 15) is 4.79 Å². The van der Waals surface area contributed by atoms with E-state index in [2.05, 4.69) is 46.8 Å². The van der Waals surface area contributed by atoms with Crippen LogP contribution in [0.1, 0.15) is 35.6 Å². The van der Waals surface area contributed by atoms with Crippen LogP contribution in [0.3, 0.4) is 0 Å². The summed E-state index contributed by atoms with van der Waals surface area (Å²) >= 11 is 4.92. The standard InChI is InChI=1S/C17H15BrN2O2S/c1-17(2)8-11-15(13(21)9-17)23-16(19-11)20-5-6-22-14-4-3-10(18)7-12(14)20/h7H,5-6,8-9H2,1-2H3. The Morgan fingerprint density at radius 1 is 1.39 bits per heavy atom. The minimum atomic E-state index is -0.00981. The maximum absolute atomic E-state index is 12.4. The van der Waals surface area contributed by atoms with Gasteiger partial charge in [0.15, 0.2) is 16.7 Å². The first kappa shape index (κ1) is 15.0. The molecule has 0 spiro atoms. The number of carbonyl (C=O) groups is 1. The highest BCUT2D eigenvalue weighted by molar-refractivity contribution is 9.10. The monoisotopic (exact) mass is 390 g/mol. The van der Waals surface area contributed by atoms with Gasteiger partial charge in [-0.2, -0.15) is 0 Å². The number of ketones is 1. The van der Waals surface area contributed by atoms with E-state index in [4.69, 9.17) is 9.72 Å². The van der Waals surface area contributed by atoms with Gasteiger partial charge < -0.3 is 9.64 Å². The predicted octanol–water partition coefficient (Wildman–Crippen LogP) is 4.19. The van der Waals surface area contributed by atoms with Crippen LogP contribution >= 0.6 is 27.3 Å². The number of ether oxygens (including phenoxy) is 1. The number of hydrogen-bond acceptors (Lipinski definition) is 5. The molecule has 2 heterocycles. The van der Waals surface area contributed by atoms with E-state index in [0.717, 1.165) is 32.3 Å². The molecule has 0 atom stereocenters. The lowest BCUT2D eigenvalue weighted by Gasteiger charge is -2.28. The summed E-state index contributed by atoms with van der Waals surface area (Å²) in [4.78, 5) is 20.1. The molecule has 118 valence electrons. The first-order valence-corrected chi connectivity index (χ1v) is 9.11. The molecule has 1 aliphatic heterocycles. The Hall–Kier alpha value is -1.58. The fourth-order valence-electron chi connectivity index (χ4n) is 3.09. The topological polar surface area (TPSA) is 42.4 Å². The van der Waals surface area contributed by atoms with Gasteiger partial charge in [0, 0.05) is 6.42 Å². The van der Waals surface area contributed by atoms with Crippen LogP contribution in [0.5, 0.6) is 5.75 Å². The Labute approximate surface area is 147 Å². The molecule has 1 aliphatic carbocycles. The molecule has 0 N–H and O–H groups in total. The number of hydrogen-bond donors (Lipinski definition) is 0. The summed E-state index contributed by atoms with van der Waals surface area (Å²) in [5.74, 6) is 0.891. The minimum absolute atomic E-state index is 0.00981. The minimum Gasteiger partial charge on any atom is -0.482 e. The van der Waals surface area contributed by atoms with Crippen molar-refractivity contribution in [3.05, 3.63) is 33.2 Å². The maximum atomic E-state index is 12.4. The van der Waals surface area contributed by atoms with Crippen molar-refractivity contribution >= 4 is 43.9 Å². The number of carbonyl (C=O) groups excluding carboxylic acids is 1. The van der Waals surface area contributed by atoms with Crippen LogP contribution < -0.4 is 9.64 Å². The van der Waals surface area contributed by atoms with Crippen LogP contribution in [0.4, 0.5) is 10.8 Å². The summed E-state index contributed by atoms with van der Waals surface area (Å²) in [6, 6.07) is 7.94. The van der Waals surface area contributed by atoms with Gasteiger partial charge in [-0.1, -0.05) is 31.3 Å². The van der Waals surface area contributed by atoms with Crippen LogP contribution in [0, 0.1) is 17.5 Å². The fraction of sp³-hybridized carbons (Fsp3) is 0.412. The number of nitrogens with zero attached hydrogens (tertiary/aromatic N) is 2. The number of thiazole rings is 1. The van der Waals surface area contributed by atoms with E-state index in [-0.39, 0.29) is 11.2 Å². The molecular formula is C17H15BrN2O2S. The first-order valence-electron chi connectivity index (χ1n) is 7.50. The third-order valence-electron chi connectivity index (χ3n) is 4.10. The Kier molecular flexibility index (Phi) is 3.40. The summed E-state index contributed by atoms with van der Waals surface area (Å²) in [6.45, 7) is 5.53. The quantitative estimate of drug-likeness (QED) is 0.731. The van der Waals surface area contributed by atoms with E-state index in [0.29, 0.717) is 25.3 Å². The average Bonchev–Trinajstić information content (AvgIpc) is 2.89. The van der Waals surface area contributed by atoms with E-state index in [1.54, 1.807) is 0 Å². The van der Waals surface area contributed by atoms with Gasteiger partial charge in [0.05, 0.1) is 27.3 Å². The summed E-state index contributed by atoms with van der Waals surface area (Å²) in [5, 5.41) is 0.858. The van der Waals surface area contributed by atoms with Gasteiger partial charge in [-0.15, -0.1) is 0 Å². The molecular weight excluding hydrogens is 376 g/mol. The highest BCUT2D eigenvalue weighted by atomic mass is 79.9. The highest BCUT2D eigenvalue weighted by Gasteiger charge is 2.35. The SMILES string of the molecule is CC1(C)CC(=O)c2sc(N3CCOc4c#cc(Br)cc43)nc2C1. The van der Waals surface area contributed by atoms with Gasteiger partial charge in [0.1, 0.15) is 6.61 Å². The van der Waals surface area contributed by atoms with Crippen molar-refractivity contribution in [3.63, 3.8) is 0 Å². The normalized spacial score (nSPS) is 18.7. The Morgan fingerprint density at radius 2 is 2.22 bits per heavy atom. The van der Waals surface area contributed by atoms with Crippen LogP contribution in [-0.4, -0.2) is 23.9 Å². The summed E-state index contributed by atoms with van der Waals surface area (Å²) in [5.41, 5.74) is 1.84. The molecule has 0 saturated heterocycles. The van der Waals surface area contributed by atoms with Crippen molar-refractivity contribution in [2.45, 2.75) is 26.7 Å². The molecule has 0 unspecified atom stereocenters. The van der Waals surface area contributed by atoms with Crippen molar-refractivity contribution in [1.29, 1.82) is 0 Å². The second-order valence-electron chi connectivity index (χ2n) is 6.67. The van der Waals surface area contributed by atoms with E-state index < -0.39 is 0 Å². The molecule has 0 saturated carbocycles. The zero-order valence-corrected chi connectivity index (χ0v) is 15.3. The second kappa shape index (κ2) is 5.22. The van der Waals surface area contributed by atoms with E-state index in [1.165, 1.54) is 11.3 Å². The second-order valence-corrected chi connectivity index (χ2v) is 8.50. The Balaban J connectivity index is 1.77. The Bertz CT molecular complexity index is 800. The highest BCUT2D eigenvalue weighted by Crippen LogP contribution is 2.43. The first-order chi connectivity index (χ1) is 10.9. The summed E-state index contributed by atoms with van der Waals surface area (Å²) in [6.07, 6.45) is 1.44. The number of rotatable bonds is 1. The Morgan fingerprint density at radius 3 is 3.04 bits per heavy atom. The maximum Gasteiger partial charge on any atom is 0.194 e. The van der Waals surface area contributed by atoms with Crippen LogP contribution in [0.15, 0.2) is 10.5 Å². The van der Waals surface area contributed by atoms with Crippen molar-refractivity contribution < 1.29 is 9.53 Å². The molecule has 2 aliphatic rings. The molecule has 6 heteroatoms. The van der Waals surface area contributed by atoms with Crippen LogP contribution in [-0.2, 0) is 6.42 Å². The smallest absolute Gasteiger partial charge is 0.194 e. The zero-order chi connectivity index (χ0) is 16.2. The molecule has 0 radical (unpaired) electrons. The van der Waals surface area contributed by atoms with Gasteiger partial charge in [-0.25, -0.2) is 4.98 Å². The number of fused-ring (bicyclic) bond motifs is 2. The van der Waals surface area contributed by atoms with Gasteiger partial charge >= 0.3 is 0 Å². The zero-order valence-electron chi connectivity index (χ0n) is 12.9. The number of halogens is 1. The van der Waals surface area contributed by atoms with E-state index >= 15 is 0 Å². The molecule has 2 aromatic rings. The molecule has 0 amide bonds. The molecule has 0 fully saturated rings. The molecule has 1 aromatic carbocycles. The van der Waals surface area contributed by atoms with Crippen molar-refractivity contribution in [3.8, 4) is 5.75 Å². The van der Waals surface area contributed by atoms with Gasteiger partial charge in [-0.05, 0) is 39.9 Å².